The number of aliphatic imine (C=N–C) groups is 1. The molecule has 0 bridgehead atoms. The maximum Gasteiger partial charge on any atom is 0.310 e. The van der Waals surface area contributed by atoms with Crippen molar-refractivity contribution in [2.45, 2.75) is 50.9 Å². The van der Waals surface area contributed by atoms with Gasteiger partial charge in [-0.25, -0.2) is 4.79 Å². The highest BCUT2D eigenvalue weighted by molar-refractivity contribution is 6.74. The highest BCUT2D eigenvalue weighted by Crippen LogP contribution is 2.56. The molecule has 2 heterocycles. The lowest BCUT2D eigenvalue weighted by atomic mass is 9.65. The predicted octanol–water partition coefficient (Wildman–Crippen LogP) is 5.13. The summed E-state index contributed by atoms with van der Waals surface area (Å²) in [4.78, 5) is 28.7. The molecule has 1 saturated heterocycles. The van der Waals surface area contributed by atoms with Crippen molar-refractivity contribution in [3.8, 4) is 28.7 Å². The minimum Gasteiger partial charge on any atom is -0.539 e. The number of cyclic esters (lactones) is 1. The Labute approximate surface area is 223 Å². The van der Waals surface area contributed by atoms with Crippen molar-refractivity contribution in [2.75, 3.05) is 27.6 Å². The molecule has 3 aliphatic rings. The average Bonchev–Trinajstić information content (AvgIpc) is 3.48. The summed E-state index contributed by atoms with van der Waals surface area (Å²) in [5.41, 5.74) is 2.38. The predicted molar refractivity (Wildman–Crippen MR) is 141 cm³/mol. The quantitative estimate of drug-likeness (QED) is 0.216. The Hall–Kier alpha value is -3.49. The first kappa shape index (κ1) is 26.1. The van der Waals surface area contributed by atoms with Crippen LogP contribution in [-0.2, 0) is 14.3 Å². The first-order chi connectivity index (χ1) is 18.0. The van der Waals surface area contributed by atoms with E-state index in [1.54, 1.807) is 20.3 Å². The van der Waals surface area contributed by atoms with E-state index >= 15 is 0 Å². The van der Waals surface area contributed by atoms with Crippen LogP contribution in [0, 0.1) is 11.8 Å². The maximum absolute atomic E-state index is 13.2. The Bertz CT molecular complexity index is 1300. The van der Waals surface area contributed by atoms with Gasteiger partial charge in [0, 0.05) is 11.8 Å². The van der Waals surface area contributed by atoms with E-state index in [0.717, 1.165) is 16.7 Å². The smallest absolute Gasteiger partial charge is 0.310 e. The van der Waals surface area contributed by atoms with Crippen LogP contribution in [0.15, 0.2) is 29.3 Å². The van der Waals surface area contributed by atoms with Gasteiger partial charge in [0.05, 0.1) is 32.8 Å². The number of carbonyl (C=O) groups excluding carboxylic acids is 2. The highest BCUT2D eigenvalue weighted by Gasteiger charge is 2.53. The number of hydrogen-bond acceptors (Lipinski definition) is 9. The van der Waals surface area contributed by atoms with E-state index in [0.29, 0.717) is 28.7 Å². The third-order valence-electron chi connectivity index (χ3n) is 8.35. The zero-order valence-electron chi connectivity index (χ0n) is 22.7. The van der Waals surface area contributed by atoms with E-state index in [-0.39, 0.29) is 30.3 Å². The van der Waals surface area contributed by atoms with E-state index in [1.165, 1.54) is 0 Å². The third-order valence-corrected chi connectivity index (χ3v) is 12.7. The number of hydrogen-bond donors (Lipinski definition) is 0. The van der Waals surface area contributed by atoms with Gasteiger partial charge in [-0.3, -0.25) is 4.79 Å². The standard InChI is InChI=1S/C28H33NO8Si/c1-28(2,3)38(6,7)37-26-21(32-4)8-15(9-22(26)33-5)23-16-10-19-20(36-14-35-19)11-17(16)25(29-13-30)18-12-34-27(31)24(18)23/h8-11,18,23-25H,12,14H2,1-7H3/t18-,23+,24-,25+/m0/s1. The van der Waals surface area contributed by atoms with Gasteiger partial charge >= 0.3 is 5.97 Å². The monoisotopic (exact) mass is 539 g/mol. The molecule has 1 aliphatic carbocycles. The molecule has 0 radical (unpaired) electrons. The van der Waals surface area contributed by atoms with E-state index in [4.69, 9.17) is 28.1 Å². The van der Waals surface area contributed by atoms with Crippen LogP contribution < -0.4 is 23.4 Å². The van der Waals surface area contributed by atoms with Crippen molar-refractivity contribution in [2.24, 2.45) is 16.8 Å². The molecule has 2 aliphatic heterocycles. The summed E-state index contributed by atoms with van der Waals surface area (Å²) < 4.78 is 35.1. The first-order valence-electron chi connectivity index (χ1n) is 12.6. The molecular formula is C28H33NO8Si. The first-order valence-corrected chi connectivity index (χ1v) is 15.5. The molecule has 4 atom stereocenters. The molecular weight excluding hydrogens is 506 g/mol. The van der Waals surface area contributed by atoms with E-state index in [9.17, 15) is 9.59 Å². The third kappa shape index (κ3) is 4.12. The molecule has 1 fully saturated rings. The van der Waals surface area contributed by atoms with Crippen LogP contribution in [-0.4, -0.2) is 48.0 Å². The number of ether oxygens (including phenoxy) is 5. The largest absolute Gasteiger partial charge is 0.539 e. The molecule has 0 saturated carbocycles. The van der Waals surface area contributed by atoms with Gasteiger partial charge in [0.2, 0.25) is 12.9 Å². The number of methoxy groups -OCH3 is 2. The van der Waals surface area contributed by atoms with Crippen molar-refractivity contribution >= 4 is 20.4 Å². The number of isocyanates is 1. The number of nitrogens with zero attached hydrogens (tertiary/aromatic N) is 1. The molecule has 202 valence electrons. The molecule has 0 aromatic heterocycles. The summed E-state index contributed by atoms with van der Waals surface area (Å²) in [6.07, 6.45) is 1.69. The minimum atomic E-state index is -2.23. The minimum absolute atomic E-state index is 0.0403. The molecule has 10 heteroatoms. The molecule has 2 aromatic rings. The maximum atomic E-state index is 13.2. The SMILES string of the molecule is COc1cc([C@@H]2c3cc4c(cc3[C@@H](N=C=O)[C@H]3COC(=O)[C@H]23)OCO4)cc(OC)c1O[Si](C)(C)C(C)(C)C. The summed E-state index contributed by atoms with van der Waals surface area (Å²) in [7, 11) is 0.946. The van der Waals surface area contributed by atoms with Crippen LogP contribution in [0.1, 0.15) is 49.4 Å². The zero-order valence-corrected chi connectivity index (χ0v) is 23.7. The Balaban J connectivity index is 1.71. The Morgan fingerprint density at radius 2 is 1.58 bits per heavy atom. The molecule has 0 N–H and O–H groups in total. The van der Waals surface area contributed by atoms with Gasteiger partial charge in [-0.05, 0) is 59.1 Å². The van der Waals surface area contributed by atoms with Crippen LogP contribution in [0.25, 0.3) is 0 Å². The van der Waals surface area contributed by atoms with Crippen molar-refractivity contribution in [3.05, 3.63) is 41.0 Å². The molecule has 0 amide bonds. The number of benzene rings is 2. The van der Waals surface area contributed by atoms with Gasteiger partial charge in [0.15, 0.2) is 28.7 Å². The molecule has 38 heavy (non-hydrogen) atoms. The fourth-order valence-electron chi connectivity index (χ4n) is 5.34. The Morgan fingerprint density at radius 3 is 2.13 bits per heavy atom. The van der Waals surface area contributed by atoms with Crippen LogP contribution in [0.5, 0.6) is 28.7 Å². The lowest BCUT2D eigenvalue weighted by Crippen LogP contribution is -2.44. The Morgan fingerprint density at radius 1 is 0.974 bits per heavy atom. The molecule has 0 unspecified atom stereocenters. The zero-order chi connectivity index (χ0) is 27.4. The number of fused-ring (bicyclic) bond motifs is 3. The number of esters is 1. The highest BCUT2D eigenvalue weighted by atomic mass is 28.4. The van der Waals surface area contributed by atoms with Crippen molar-refractivity contribution in [1.29, 1.82) is 0 Å². The molecule has 2 aromatic carbocycles. The van der Waals surface area contributed by atoms with Crippen LogP contribution >= 0.6 is 0 Å². The van der Waals surface area contributed by atoms with Gasteiger partial charge < -0.3 is 28.1 Å². The summed E-state index contributed by atoms with van der Waals surface area (Å²) >= 11 is 0. The van der Waals surface area contributed by atoms with Gasteiger partial charge in [-0.1, -0.05) is 20.8 Å². The van der Waals surface area contributed by atoms with Crippen LogP contribution in [0.3, 0.4) is 0 Å². The normalized spacial score (nSPS) is 23.6. The van der Waals surface area contributed by atoms with Gasteiger partial charge in [-0.15, -0.1) is 0 Å². The second kappa shape index (κ2) is 9.36. The van der Waals surface area contributed by atoms with E-state index < -0.39 is 26.2 Å². The summed E-state index contributed by atoms with van der Waals surface area (Å²) in [6, 6.07) is 6.93. The lowest BCUT2D eigenvalue weighted by Gasteiger charge is -2.38. The lowest BCUT2D eigenvalue weighted by molar-refractivity contribution is -0.141. The van der Waals surface area contributed by atoms with Crippen LogP contribution in [0.4, 0.5) is 0 Å². The van der Waals surface area contributed by atoms with Gasteiger partial charge in [-0.2, -0.15) is 4.99 Å². The second-order valence-electron chi connectivity index (χ2n) is 11.4. The van der Waals surface area contributed by atoms with Gasteiger partial charge in [0.25, 0.3) is 8.32 Å². The Kier molecular flexibility index (Phi) is 6.44. The number of rotatable bonds is 6. The fourth-order valence-corrected chi connectivity index (χ4v) is 6.36. The molecule has 9 nitrogen and oxygen atoms in total. The summed E-state index contributed by atoms with van der Waals surface area (Å²) in [5.74, 6) is 1.03. The second-order valence-corrected chi connectivity index (χ2v) is 16.1. The van der Waals surface area contributed by atoms with Crippen molar-refractivity contribution in [3.63, 3.8) is 0 Å². The van der Waals surface area contributed by atoms with Crippen LogP contribution in [0.2, 0.25) is 18.1 Å². The number of carbonyl (C=O) groups is 1. The van der Waals surface area contributed by atoms with E-state index in [2.05, 4.69) is 38.9 Å². The van der Waals surface area contributed by atoms with E-state index in [1.807, 2.05) is 24.3 Å². The summed E-state index contributed by atoms with van der Waals surface area (Å²) in [5, 5.41) is -0.0403. The van der Waals surface area contributed by atoms with Gasteiger partial charge in [0.1, 0.15) is 0 Å². The molecule has 0 spiro atoms. The fraction of sp³-hybridized carbons (Fsp3) is 0.500. The van der Waals surface area contributed by atoms with Crippen molar-refractivity contribution in [1.82, 2.24) is 0 Å². The average molecular weight is 540 g/mol. The topological polar surface area (TPSA) is 102 Å². The molecule has 5 rings (SSSR count). The summed E-state index contributed by atoms with van der Waals surface area (Å²) in [6.45, 7) is 11.1. The van der Waals surface area contributed by atoms with Crippen molar-refractivity contribution < 1.29 is 37.7 Å².